The third-order valence-electron chi connectivity index (χ3n) is 3.05. The highest BCUT2D eigenvalue weighted by Gasteiger charge is 2.29. The number of likely N-dealkylation sites (tertiary alicyclic amines) is 1. The van der Waals surface area contributed by atoms with Crippen molar-refractivity contribution >= 4 is 11.9 Å². The van der Waals surface area contributed by atoms with E-state index in [1.54, 1.807) is 6.92 Å². The first-order chi connectivity index (χ1) is 7.56. The quantitative estimate of drug-likeness (QED) is 0.694. The van der Waals surface area contributed by atoms with Crippen molar-refractivity contribution in [1.82, 2.24) is 4.90 Å². The van der Waals surface area contributed by atoms with Gasteiger partial charge in [-0.15, -0.1) is 0 Å². The number of nitrogens with zero attached hydrogens (tertiary/aromatic N) is 1. The summed E-state index contributed by atoms with van der Waals surface area (Å²) in [7, 11) is 1.38. The lowest BCUT2D eigenvalue weighted by Gasteiger charge is -2.34. The van der Waals surface area contributed by atoms with Gasteiger partial charge in [-0.25, -0.2) is 0 Å². The molecule has 0 bridgehead atoms. The normalized spacial score (nSPS) is 23.8. The van der Waals surface area contributed by atoms with Gasteiger partial charge >= 0.3 is 5.97 Å². The number of rotatable bonds is 4. The molecule has 1 aliphatic heterocycles. The minimum atomic E-state index is -0.295. The molecule has 16 heavy (non-hydrogen) atoms. The molecule has 1 heterocycles. The monoisotopic (exact) mass is 228 g/mol. The van der Waals surface area contributed by atoms with Gasteiger partial charge < -0.3 is 10.5 Å². The lowest BCUT2D eigenvalue weighted by atomic mass is 10.00. The average Bonchev–Trinajstić information content (AvgIpc) is 2.28. The van der Waals surface area contributed by atoms with Gasteiger partial charge in [-0.1, -0.05) is 13.3 Å². The zero-order valence-electron chi connectivity index (χ0n) is 9.94. The standard InChI is InChI=1S/C11H20N2O3/c1-8(11(15)16-2)7-13-6-4-3-5-9(13)10(12)14/h8-9H,3-7H2,1-2H3,(H2,12,14). The maximum absolute atomic E-state index is 11.3. The fourth-order valence-corrected chi connectivity index (χ4v) is 2.16. The van der Waals surface area contributed by atoms with Gasteiger partial charge in [0.05, 0.1) is 19.1 Å². The van der Waals surface area contributed by atoms with Crippen molar-refractivity contribution in [2.45, 2.75) is 32.2 Å². The van der Waals surface area contributed by atoms with Gasteiger partial charge in [0.1, 0.15) is 0 Å². The van der Waals surface area contributed by atoms with Crippen molar-refractivity contribution in [2.75, 3.05) is 20.2 Å². The van der Waals surface area contributed by atoms with E-state index in [0.717, 1.165) is 25.8 Å². The van der Waals surface area contributed by atoms with Crippen molar-refractivity contribution in [3.63, 3.8) is 0 Å². The molecule has 2 unspecified atom stereocenters. The number of hydrogen-bond acceptors (Lipinski definition) is 4. The Balaban J connectivity index is 2.55. The lowest BCUT2D eigenvalue weighted by molar-refractivity contribution is -0.146. The molecule has 0 spiro atoms. The average molecular weight is 228 g/mol. The number of piperidine rings is 1. The van der Waals surface area contributed by atoms with Crippen LogP contribution in [0.5, 0.6) is 0 Å². The van der Waals surface area contributed by atoms with Crippen molar-refractivity contribution < 1.29 is 14.3 Å². The smallest absolute Gasteiger partial charge is 0.309 e. The molecule has 92 valence electrons. The number of amides is 1. The van der Waals surface area contributed by atoms with Gasteiger partial charge in [-0.3, -0.25) is 14.5 Å². The number of esters is 1. The van der Waals surface area contributed by atoms with E-state index in [2.05, 4.69) is 4.74 Å². The maximum Gasteiger partial charge on any atom is 0.309 e. The van der Waals surface area contributed by atoms with Crippen LogP contribution in [0.4, 0.5) is 0 Å². The fraction of sp³-hybridized carbons (Fsp3) is 0.818. The van der Waals surface area contributed by atoms with Crippen molar-refractivity contribution in [2.24, 2.45) is 11.7 Å². The molecule has 1 rings (SSSR count). The van der Waals surface area contributed by atoms with Crippen LogP contribution in [-0.4, -0.2) is 43.0 Å². The lowest BCUT2D eigenvalue weighted by Crippen LogP contribution is -2.49. The second-order valence-corrected chi connectivity index (χ2v) is 4.33. The zero-order chi connectivity index (χ0) is 12.1. The maximum atomic E-state index is 11.3. The summed E-state index contributed by atoms with van der Waals surface area (Å²) in [6.45, 7) is 3.17. The largest absolute Gasteiger partial charge is 0.469 e. The van der Waals surface area contributed by atoms with Crippen LogP contribution < -0.4 is 5.73 Å². The van der Waals surface area contributed by atoms with Crippen LogP contribution in [0, 0.1) is 5.92 Å². The Hall–Kier alpha value is -1.10. The van der Waals surface area contributed by atoms with Gasteiger partial charge in [-0.2, -0.15) is 0 Å². The van der Waals surface area contributed by atoms with Gasteiger partial charge in [-0.05, 0) is 19.4 Å². The Labute approximate surface area is 95.9 Å². The Morgan fingerprint density at radius 1 is 1.50 bits per heavy atom. The topological polar surface area (TPSA) is 72.6 Å². The summed E-state index contributed by atoms with van der Waals surface area (Å²) >= 11 is 0. The minimum Gasteiger partial charge on any atom is -0.469 e. The number of carbonyl (C=O) groups excluding carboxylic acids is 2. The van der Waals surface area contributed by atoms with Crippen LogP contribution in [0.2, 0.25) is 0 Å². The highest BCUT2D eigenvalue weighted by Crippen LogP contribution is 2.18. The van der Waals surface area contributed by atoms with Gasteiger partial charge in [0.2, 0.25) is 5.91 Å². The molecule has 0 aromatic heterocycles. The molecule has 0 aromatic rings. The number of methoxy groups -OCH3 is 1. The highest BCUT2D eigenvalue weighted by molar-refractivity contribution is 5.80. The number of primary amides is 1. The van der Waals surface area contributed by atoms with E-state index < -0.39 is 0 Å². The second kappa shape index (κ2) is 5.84. The molecule has 1 saturated heterocycles. The second-order valence-electron chi connectivity index (χ2n) is 4.33. The Morgan fingerprint density at radius 3 is 2.75 bits per heavy atom. The summed E-state index contributed by atoms with van der Waals surface area (Å²) in [5.74, 6) is -0.754. The number of ether oxygens (including phenoxy) is 1. The molecule has 1 fully saturated rings. The third kappa shape index (κ3) is 3.20. The number of carbonyl (C=O) groups is 2. The SMILES string of the molecule is COC(=O)C(C)CN1CCCCC1C(N)=O. The van der Waals surface area contributed by atoms with Crippen LogP contribution in [0.1, 0.15) is 26.2 Å². The van der Waals surface area contributed by atoms with E-state index >= 15 is 0 Å². The fourth-order valence-electron chi connectivity index (χ4n) is 2.16. The van der Waals surface area contributed by atoms with E-state index in [0.29, 0.717) is 6.54 Å². The zero-order valence-corrected chi connectivity index (χ0v) is 9.94. The molecule has 1 aliphatic rings. The summed E-state index contributed by atoms with van der Waals surface area (Å²) < 4.78 is 4.67. The summed E-state index contributed by atoms with van der Waals surface area (Å²) in [5.41, 5.74) is 5.35. The van der Waals surface area contributed by atoms with Crippen molar-refractivity contribution in [3.8, 4) is 0 Å². The third-order valence-corrected chi connectivity index (χ3v) is 3.05. The van der Waals surface area contributed by atoms with E-state index in [4.69, 9.17) is 5.73 Å². The van der Waals surface area contributed by atoms with E-state index in [9.17, 15) is 9.59 Å². The minimum absolute atomic E-state index is 0.218. The van der Waals surface area contributed by atoms with Crippen LogP contribution >= 0.6 is 0 Å². The van der Waals surface area contributed by atoms with Crippen molar-refractivity contribution in [1.29, 1.82) is 0 Å². The number of nitrogens with two attached hydrogens (primary N) is 1. The van der Waals surface area contributed by atoms with Gasteiger partial charge in [0.15, 0.2) is 0 Å². The Kier molecular flexibility index (Phi) is 4.73. The summed E-state index contributed by atoms with van der Waals surface area (Å²) in [6, 6.07) is -0.221. The molecule has 5 heteroatoms. The summed E-state index contributed by atoms with van der Waals surface area (Å²) in [6.07, 6.45) is 2.87. The van der Waals surface area contributed by atoms with Gasteiger partial charge in [0.25, 0.3) is 0 Å². The van der Waals surface area contributed by atoms with Crippen LogP contribution in [0.3, 0.4) is 0 Å². The predicted octanol–water partition coefficient (Wildman–Crippen LogP) is 0.135. The first kappa shape index (κ1) is 13.0. The number of hydrogen-bond donors (Lipinski definition) is 1. The molecule has 0 radical (unpaired) electrons. The molecular formula is C11H20N2O3. The molecule has 2 N–H and O–H groups in total. The van der Waals surface area contributed by atoms with Crippen molar-refractivity contribution in [3.05, 3.63) is 0 Å². The molecule has 1 amide bonds. The molecule has 5 nitrogen and oxygen atoms in total. The van der Waals surface area contributed by atoms with Crippen LogP contribution in [0.15, 0.2) is 0 Å². The molecule has 0 saturated carbocycles. The summed E-state index contributed by atoms with van der Waals surface area (Å²) in [5, 5.41) is 0. The Bertz CT molecular complexity index is 268. The predicted molar refractivity (Wildman–Crippen MR) is 59.6 cm³/mol. The van der Waals surface area contributed by atoms with Crippen LogP contribution in [0.25, 0.3) is 0 Å². The van der Waals surface area contributed by atoms with E-state index in [1.807, 2.05) is 4.90 Å². The molecule has 2 atom stereocenters. The van der Waals surface area contributed by atoms with E-state index in [-0.39, 0.29) is 23.8 Å². The molecular weight excluding hydrogens is 208 g/mol. The molecule has 0 aromatic carbocycles. The van der Waals surface area contributed by atoms with Crippen LogP contribution in [-0.2, 0) is 14.3 Å². The first-order valence-electron chi connectivity index (χ1n) is 5.67. The molecule has 0 aliphatic carbocycles. The first-order valence-corrected chi connectivity index (χ1v) is 5.67. The van der Waals surface area contributed by atoms with Gasteiger partial charge in [0, 0.05) is 6.54 Å². The van der Waals surface area contributed by atoms with E-state index in [1.165, 1.54) is 7.11 Å². The summed E-state index contributed by atoms with van der Waals surface area (Å²) in [4.78, 5) is 24.5. The highest BCUT2D eigenvalue weighted by atomic mass is 16.5. The Morgan fingerprint density at radius 2 is 2.19 bits per heavy atom.